The fraction of sp³-hybridized carbons (Fsp3) is 0.471. The molecule has 0 saturated carbocycles. The number of carbonyl (C=O) groups is 1. The molecule has 5 nitrogen and oxygen atoms in total. The molecule has 1 saturated heterocycles. The van der Waals surface area contributed by atoms with Crippen LogP contribution in [0.3, 0.4) is 0 Å². The second-order valence-corrected chi connectivity index (χ2v) is 6.63. The van der Waals surface area contributed by atoms with E-state index in [1.165, 1.54) is 5.56 Å². The predicted molar refractivity (Wildman–Crippen MR) is 91.2 cm³/mol. The first-order chi connectivity index (χ1) is 11.2. The minimum Gasteiger partial charge on any atom is -0.342 e. The van der Waals surface area contributed by atoms with E-state index in [4.69, 9.17) is 4.52 Å². The third kappa shape index (κ3) is 3.58. The van der Waals surface area contributed by atoms with Gasteiger partial charge in [0.15, 0.2) is 0 Å². The zero-order chi connectivity index (χ0) is 16.2. The molecule has 1 aromatic heterocycles. The molecule has 0 bridgehead atoms. The normalized spacial score (nSPS) is 17.7. The predicted octanol–water partition coefficient (Wildman–Crippen LogP) is 3.33. The third-order valence-electron chi connectivity index (χ3n) is 4.16. The van der Waals surface area contributed by atoms with E-state index in [1.54, 1.807) is 11.8 Å². The minimum atomic E-state index is 0.155. The molecule has 2 heterocycles. The maximum Gasteiger partial charge on any atom is 0.231 e. The van der Waals surface area contributed by atoms with Crippen LogP contribution in [0.2, 0.25) is 0 Å². The highest BCUT2D eigenvalue weighted by Gasteiger charge is 2.30. The van der Waals surface area contributed by atoms with Gasteiger partial charge in [-0.25, -0.2) is 0 Å². The van der Waals surface area contributed by atoms with Crippen LogP contribution < -0.4 is 0 Å². The summed E-state index contributed by atoms with van der Waals surface area (Å²) in [6.45, 7) is 3.35. The Bertz CT molecular complexity index is 669. The van der Waals surface area contributed by atoms with Crippen molar-refractivity contribution in [3.63, 3.8) is 0 Å². The topological polar surface area (TPSA) is 59.2 Å². The number of benzene rings is 1. The minimum absolute atomic E-state index is 0.155. The van der Waals surface area contributed by atoms with Crippen molar-refractivity contribution in [1.29, 1.82) is 0 Å². The van der Waals surface area contributed by atoms with Crippen LogP contribution in [0.1, 0.15) is 37.1 Å². The van der Waals surface area contributed by atoms with Gasteiger partial charge in [0.25, 0.3) is 0 Å². The van der Waals surface area contributed by atoms with Crippen LogP contribution in [0.4, 0.5) is 0 Å². The summed E-state index contributed by atoms with van der Waals surface area (Å²) in [6.07, 6.45) is 3.53. The summed E-state index contributed by atoms with van der Waals surface area (Å²) in [6, 6.07) is 8.25. The summed E-state index contributed by atoms with van der Waals surface area (Å²) in [7, 11) is 0. The zero-order valence-electron chi connectivity index (χ0n) is 13.5. The fourth-order valence-corrected chi connectivity index (χ4v) is 3.37. The monoisotopic (exact) mass is 331 g/mol. The highest BCUT2D eigenvalue weighted by atomic mass is 32.2. The Morgan fingerprint density at radius 1 is 1.39 bits per heavy atom. The lowest BCUT2D eigenvalue weighted by molar-refractivity contribution is -0.129. The molecule has 1 amide bonds. The molecule has 1 fully saturated rings. The van der Waals surface area contributed by atoms with Crippen molar-refractivity contribution >= 4 is 17.7 Å². The van der Waals surface area contributed by atoms with Gasteiger partial charge in [0, 0.05) is 30.8 Å². The number of carbonyl (C=O) groups excluding carboxylic acids is 1. The van der Waals surface area contributed by atoms with Crippen LogP contribution in [-0.2, 0) is 10.5 Å². The Morgan fingerprint density at radius 3 is 2.87 bits per heavy atom. The van der Waals surface area contributed by atoms with E-state index in [0.29, 0.717) is 24.7 Å². The number of rotatable bonds is 5. The van der Waals surface area contributed by atoms with Gasteiger partial charge >= 0.3 is 0 Å². The molecule has 6 heteroatoms. The van der Waals surface area contributed by atoms with Gasteiger partial charge in [0.05, 0.1) is 5.92 Å². The molecule has 23 heavy (non-hydrogen) atoms. The number of nitrogens with zero attached hydrogens (tertiary/aromatic N) is 3. The highest BCUT2D eigenvalue weighted by molar-refractivity contribution is 7.97. The molecule has 1 aliphatic heterocycles. The van der Waals surface area contributed by atoms with Crippen LogP contribution in [0.25, 0.3) is 11.4 Å². The largest absolute Gasteiger partial charge is 0.342 e. The van der Waals surface area contributed by atoms with E-state index in [-0.39, 0.29) is 11.8 Å². The molecule has 1 unspecified atom stereocenters. The molecule has 1 aliphatic rings. The lowest BCUT2D eigenvalue weighted by Crippen LogP contribution is -2.27. The maximum absolute atomic E-state index is 11.8. The molecular formula is C17H21N3O2S. The van der Waals surface area contributed by atoms with Crippen molar-refractivity contribution < 1.29 is 9.32 Å². The fourth-order valence-electron chi connectivity index (χ4n) is 2.85. The van der Waals surface area contributed by atoms with Gasteiger partial charge in [-0.15, -0.1) is 0 Å². The highest BCUT2D eigenvalue weighted by Crippen LogP contribution is 2.28. The van der Waals surface area contributed by atoms with Gasteiger partial charge in [-0.3, -0.25) is 4.79 Å². The van der Waals surface area contributed by atoms with Crippen molar-refractivity contribution in [1.82, 2.24) is 15.0 Å². The molecule has 0 spiro atoms. The van der Waals surface area contributed by atoms with Gasteiger partial charge < -0.3 is 9.42 Å². The van der Waals surface area contributed by atoms with Crippen molar-refractivity contribution in [2.24, 2.45) is 0 Å². The second kappa shape index (κ2) is 7.17. The number of thioether (sulfide) groups is 1. The standard InChI is InChI=1S/C17H21N3O2S/c1-3-15(21)20-9-8-14(10-20)17-18-16(19-22-17)13-6-4-12(5-7-13)11-23-2/h4-7,14H,3,8-11H2,1-2H3. The summed E-state index contributed by atoms with van der Waals surface area (Å²) in [5.74, 6) is 2.61. The van der Waals surface area contributed by atoms with E-state index in [2.05, 4.69) is 28.5 Å². The van der Waals surface area contributed by atoms with Crippen LogP contribution in [-0.4, -0.2) is 40.3 Å². The first kappa shape index (κ1) is 16.1. The molecule has 0 N–H and O–H groups in total. The van der Waals surface area contributed by atoms with Crippen LogP contribution in [0.15, 0.2) is 28.8 Å². The van der Waals surface area contributed by atoms with Crippen molar-refractivity contribution in [3.05, 3.63) is 35.7 Å². The summed E-state index contributed by atoms with van der Waals surface area (Å²) < 4.78 is 5.44. The molecule has 1 atom stereocenters. The third-order valence-corrected chi connectivity index (χ3v) is 4.78. The van der Waals surface area contributed by atoms with Gasteiger partial charge in [-0.1, -0.05) is 36.3 Å². The quantitative estimate of drug-likeness (QED) is 0.841. The van der Waals surface area contributed by atoms with E-state index in [1.807, 2.05) is 24.0 Å². The lowest BCUT2D eigenvalue weighted by atomic mass is 10.1. The smallest absolute Gasteiger partial charge is 0.231 e. The summed E-state index contributed by atoms with van der Waals surface area (Å²) in [4.78, 5) is 18.2. The van der Waals surface area contributed by atoms with E-state index in [9.17, 15) is 4.79 Å². The zero-order valence-corrected chi connectivity index (χ0v) is 14.3. The van der Waals surface area contributed by atoms with Crippen molar-refractivity contribution in [3.8, 4) is 11.4 Å². The molecule has 0 radical (unpaired) electrons. The number of likely N-dealkylation sites (tertiary alicyclic amines) is 1. The molecule has 1 aromatic carbocycles. The Kier molecular flexibility index (Phi) is 5.00. The van der Waals surface area contributed by atoms with Gasteiger partial charge in [-0.2, -0.15) is 16.7 Å². The molecular weight excluding hydrogens is 310 g/mol. The summed E-state index contributed by atoms with van der Waals surface area (Å²) in [5.41, 5.74) is 2.25. The molecule has 2 aromatic rings. The Morgan fingerprint density at radius 2 is 2.17 bits per heavy atom. The van der Waals surface area contributed by atoms with Gasteiger partial charge in [-0.05, 0) is 18.2 Å². The van der Waals surface area contributed by atoms with Crippen LogP contribution in [0.5, 0.6) is 0 Å². The second-order valence-electron chi connectivity index (χ2n) is 5.77. The molecule has 0 aliphatic carbocycles. The lowest BCUT2D eigenvalue weighted by Gasteiger charge is -2.13. The average molecular weight is 331 g/mol. The Balaban J connectivity index is 1.70. The van der Waals surface area contributed by atoms with Gasteiger partial charge in [0.1, 0.15) is 0 Å². The molecule has 3 rings (SSSR count). The summed E-state index contributed by atoms with van der Waals surface area (Å²) in [5, 5.41) is 4.10. The Hall–Kier alpha value is -1.82. The van der Waals surface area contributed by atoms with Crippen molar-refractivity contribution in [2.45, 2.75) is 31.4 Å². The number of hydrogen-bond donors (Lipinski definition) is 0. The number of amides is 1. The van der Waals surface area contributed by atoms with Crippen LogP contribution in [0, 0.1) is 0 Å². The first-order valence-electron chi connectivity index (χ1n) is 7.91. The molecule has 122 valence electrons. The summed E-state index contributed by atoms with van der Waals surface area (Å²) >= 11 is 1.80. The first-order valence-corrected chi connectivity index (χ1v) is 9.30. The maximum atomic E-state index is 11.8. The number of aromatic nitrogens is 2. The van der Waals surface area contributed by atoms with E-state index < -0.39 is 0 Å². The van der Waals surface area contributed by atoms with E-state index in [0.717, 1.165) is 24.3 Å². The van der Waals surface area contributed by atoms with Crippen LogP contribution >= 0.6 is 11.8 Å². The number of hydrogen-bond acceptors (Lipinski definition) is 5. The van der Waals surface area contributed by atoms with Crippen molar-refractivity contribution in [2.75, 3.05) is 19.3 Å². The average Bonchev–Trinajstić information content (AvgIpc) is 3.24. The Labute approximate surface area is 140 Å². The van der Waals surface area contributed by atoms with E-state index >= 15 is 0 Å². The SMILES string of the molecule is CCC(=O)N1CCC(c2nc(-c3ccc(CSC)cc3)no2)C1. The van der Waals surface area contributed by atoms with Gasteiger partial charge in [0.2, 0.25) is 17.6 Å².